The van der Waals surface area contributed by atoms with Gasteiger partial charge in [-0.15, -0.1) is 12.4 Å². The van der Waals surface area contributed by atoms with Gasteiger partial charge >= 0.3 is 0 Å². The van der Waals surface area contributed by atoms with E-state index in [1.165, 1.54) is 10.8 Å². The molecule has 0 radical (unpaired) electrons. The van der Waals surface area contributed by atoms with Gasteiger partial charge in [0.05, 0.1) is 11.9 Å². The number of fused-ring (bicyclic) bond motifs is 1. The van der Waals surface area contributed by atoms with Crippen molar-refractivity contribution in [1.29, 1.82) is 0 Å². The van der Waals surface area contributed by atoms with Gasteiger partial charge in [-0.3, -0.25) is 14.1 Å². The molecule has 0 saturated carbocycles. The highest BCUT2D eigenvalue weighted by Gasteiger charge is 2.28. The number of anilines is 2. The van der Waals surface area contributed by atoms with Crippen LogP contribution in [0.1, 0.15) is 37.4 Å². The third-order valence-electron chi connectivity index (χ3n) is 6.93. The molecule has 2 aromatic heterocycles. The largest absolute Gasteiger partial charge is 0.350 e. The highest BCUT2D eigenvalue weighted by molar-refractivity contribution is 7.91. The summed E-state index contributed by atoms with van der Waals surface area (Å²) in [4.78, 5) is 26.2. The number of benzene rings is 2. The molecule has 2 aromatic carbocycles. The molecule has 0 bridgehead atoms. The monoisotopic (exact) mass is 655 g/mol. The fourth-order valence-electron chi connectivity index (χ4n) is 4.86. The second kappa shape index (κ2) is 13.0. The van der Waals surface area contributed by atoms with Crippen molar-refractivity contribution in [2.24, 2.45) is 0 Å². The molecule has 1 aliphatic heterocycles. The van der Waals surface area contributed by atoms with Crippen LogP contribution in [0, 0.1) is 24.4 Å². The maximum absolute atomic E-state index is 15.4. The molecule has 0 amide bonds. The predicted molar refractivity (Wildman–Crippen MR) is 162 cm³/mol. The summed E-state index contributed by atoms with van der Waals surface area (Å²) in [7, 11) is -4.34. The predicted octanol–water partition coefficient (Wildman–Crippen LogP) is 4.64. The van der Waals surface area contributed by atoms with Crippen LogP contribution in [-0.4, -0.2) is 53.2 Å². The molecular weight excluding hydrogens is 626 g/mol. The second-order valence-corrected chi connectivity index (χ2v) is 12.4. The lowest BCUT2D eigenvalue weighted by molar-refractivity contribution is 0.254. The van der Waals surface area contributed by atoms with E-state index in [2.05, 4.69) is 25.6 Å². The molecule has 236 valence electrons. The van der Waals surface area contributed by atoms with E-state index in [4.69, 9.17) is 0 Å². The van der Waals surface area contributed by atoms with Crippen molar-refractivity contribution in [3.63, 3.8) is 0 Å². The third kappa shape index (κ3) is 6.94. The normalized spacial score (nSPS) is 17.0. The Bertz CT molecular complexity index is 1860. The number of hydrogen-bond donors (Lipinski definition) is 3. The Morgan fingerprint density at radius 1 is 1.09 bits per heavy atom. The topological polar surface area (TPSA) is 131 Å². The summed E-state index contributed by atoms with van der Waals surface area (Å²) >= 11 is 0. The zero-order chi connectivity index (χ0) is 31.1. The number of alkyl halides is 1. The quantitative estimate of drug-likeness (QED) is 0.185. The maximum atomic E-state index is 15.4. The Labute approximate surface area is 256 Å². The number of halogens is 5. The summed E-state index contributed by atoms with van der Waals surface area (Å²) in [6, 6.07) is 6.12. The van der Waals surface area contributed by atoms with E-state index >= 15 is 13.2 Å². The first-order valence-corrected chi connectivity index (χ1v) is 15.1. The van der Waals surface area contributed by atoms with Gasteiger partial charge in [-0.25, -0.2) is 35.9 Å². The van der Waals surface area contributed by atoms with Crippen LogP contribution < -0.4 is 20.9 Å². The van der Waals surface area contributed by atoms with Crippen LogP contribution in [0.15, 0.2) is 41.3 Å². The van der Waals surface area contributed by atoms with Gasteiger partial charge in [0.15, 0.2) is 23.1 Å². The van der Waals surface area contributed by atoms with Crippen LogP contribution in [0.2, 0.25) is 0 Å². The Balaban J connectivity index is 0.00000442. The molecule has 16 heteroatoms. The minimum atomic E-state index is -4.34. The van der Waals surface area contributed by atoms with Crippen molar-refractivity contribution in [2.75, 3.05) is 23.1 Å². The van der Waals surface area contributed by atoms with E-state index < -0.39 is 67.9 Å². The van der Waals surface area contributed by atoms with Crippen molar-refractivity contribution in [1.82, 2.24) is 24.8 Å². The number of rotatable bonds is 8. The van der Waals surface area contributed by atoms with Crippen LogP contribution in [-0.2, 0) is 15.8 Å². The second-order valence-electron chi connectivity index (χ2n) is 10.7. The number of sulfonamides is 1. The van der Waals surface area contributed by atoms with Crippen LogP contribution in [0.3, 0.4) is 0 Å². The Morgan fingerprint density at radius 2 is 1.80 bits per heavy atom. The summed E-state index contributed by atoms with van der Waals surface area (Å²) in [5.41, 5.74) is -2.18. The standard InChI is InChI=1S/C28H29F4N7O3S.ClH/c1-14(2)39-26-21(12-34-28(37-26)35-18-8-17(29)10-33-11-18)36-24(27(39)40)19-9-20(30)25(23(32)22(19)31)38-43(41,42)13-16-6-4-15(3)5-7-16;/h4-7,9,12,14,17-18,33,38H,8,10-11,13H2,1-3H3,(H,34,35,37);1H/t17-,18-;/m0./s1. The van der Waals surface area contributed by atoms with Crippen LogP contribution >= 0.6 is 12.4 Å². The van der Waals surface area contributed by atoms with Crippen molar-refractivity contribution < 1.29 is 26.0 Å². The molecule has 44 heavy (non-hydrogen) atoms. The molecular formula is C28H30ClF4N7O3S. The van der Waals surface area contributed by atoms with Crippen LogP contribution in [0.4, 0.5) is 29.2 Å². The summed E-state index contributed by atoms with van der Waals surface area (Å²) < 4.78 is 87.8. The summed E-state index contributed by atoms with van der Waals surface area (Å²) in [6.07, 6.45) is 0.445. The number of piperidine rings is 1. The first-order valence-electron chi connectivity index (χ1n) is 13.5. The highest BCUT2D eigenvalue weighted by atomic mass is 35.5. The smallest absolute Gasteiger partial charge is 0.279 e. The molecule has 10 nitrogen and oxygen atoms in total. The molecule has 1 aliphatic rings. The SMILES string of the molecule is Cc1ccc(CS(=O)(=O)Nc2c(F)cc(-c3nc4cnc(N[C@@H]5CNC[C@@H](F)C5)nc4n(C(C)C)c3=O)c(F)c2F)cc1.Cl. The third-order valence-corrected chi connectivity index (χ3v) is 8.16. The van der Waals surface area contributed by atoms with E-state index in [1.807, 2.05) is 6.92 Å². The number of nitrogens with one attached hydrogen (secondary N) is 3. The molecule has 0 spiro atoms. The minimum Gasteiger partial charge on any atom is -0.350 e. The lowest BCUT2D eigenvalue weighted by atomic mass is 10.1. The van der Waals surface area contributed by atoms with Gasteiger partial charge in [0.1, 0.15) is 23.1 Å². The Hall–Kier alpha value is -3.82. The number of aromatic nitrogens is 4. The average Bonchev–Trinajstić information content (AvgIpc) is 2.94. The lowest BCUT2D eigenvalue weighted by Crippen LogP contribution is -2.44. The van der Waals surface area contributed by atoms with Gasteiger partial charge in [-0.05, 0) is 32.4 Å². The lowest BCUT2D eigenvalue weighted by Gasteiger charge is -2.26. The molecule has 3 heterocycles. The first-order chi connectivity index (χ1) is 20.3. The molecule has 1 saturated heterocycles. The van der Waals surface area contributed by atoms with Gasteiger partial charge in [0.2, 0.25) is 16.0 Å². The zero-order valence-electron chi connectivity index (χ0n) is 23.9. The zero-order valence-corrected chi connectivity index (χ0v) is 25.5. The Morgan fingerprint density at radius 3 is 2.45 bits per heavy atom. The summed E-state index contributed by atoms with van der Waals surface area (Å²) in [5, 5.41) is 5.97. The number of nitrogens with zero attached hydrogens (tertiary/aromatic N) is 4. The molecule has 0 aliphatic carbocycles. The Kier molecular flexibility index (Phi) is 9.80. The van der Waals surface area contributed by atoms with Gasteiger partial charge in [-0.1, -0.05) is 29.8 Å². The molecule has 2 atom stereocenters. The minimum absolute atomic E-state index is 0. The highest BCUT2D eigenvalue weighted by Crippen LogP contribution is 2.31. The van der Waals surface area contributed by atoms with Gasteiger partial charge in [-0.2, -0.15) is 4.98 Å². The molecule has 1 fully saturated rings. The van der Waals surface area contributed by atoms with E-state index in [-0.39, 0.29) is 48.5 Å². The van der Waals surface area contributed by atoms with Crippen molar-refractivity contribution >= 4 is 45.2 Å². The summed E-state index contributed by atoms with van der Waals surface area (Å²) in [5.74, 6) is -5.44. The number of hydrogen-bond acceptors (Lipinski definition) is 8. The molecule has 0 unspecified atom stereocenters. The van der Waals surface area contributed by atoms with Gasteiger partial charge in [0.25, 0.3) is 5.56 Å². The average molecular weight is 656 g/mol. The van der Waals surface area contributed by atoms with Gasteiger partial charge < -0.3 is 10.6 Å². The fraction of sp³-hybridized carbons (Fsp3) is 0.357. The van der Waals surface area contributed by atoms with Gasteiger partial charge in [0, 0.05) is 37.2 Å². The van der Waals surface area contributed by atoms with Crippen molar-refractivity contribution in [2.45, 2.75) is 51.2 Å². The summed E-state index contributed by atoms with van der Waals surface area (Å²) in [6.45, 7) is 5.84. The molecule has 3 N–H and O–H groups in total. The fourth-order valence-corrected chi connectivity index (χ4v) is 6.07. The number of aryl methyl sites for hydroxylation is 1. The van der Waals surface area contributed by atoms with Crippen molar-refractivity contribution in [3.8, 4) is 11.3 Å². The molecule has 5 rings (SSSR count). The van der Waals surface area contributed by atoms with E-state index in [0.717, 1.165) is 5.56 Å². The van der Waals surface area contributed by atoms with E-state index in [9.17, 15) is 17.6 Å². The van der Waals surface area contributed by atoms with Crippen molar-refractivity contribution in [3.05, 3.63) is 75.5 Å². The molecule has 4 aromatic rings. The van der Waals surface area contributed by atoms with Crippen LogP contribution in [0.25, 0.3) is 22.4 Å². The maximum Gasteiger partial charge on any atom is 0.279 e. The van der Waals surface area contributed by atoms with Crippen LogP contribution in [0.5, 0.6) is 0 Å². The van der Waals surface area contributed by atoms with E-state index in [0.29, 0.717) is 18.2 Å². The first kappa shape index (κ1) is 33.1. The van der Waals surface area contributed by atoms with E-state index in [1.54, 1.807) is 42.8 Å².